The van der Waals surface area contributed by atoms with Crippen molar-refractivity contribution in [3.8, 4) is 0 Å². The fraction of sp³-hybridized carbons (Fsp3) is 0.429. The standard InChI is InChI=1S/C14H20N2O3S/c1-20-12-8-5-4-7-11(12)16-14(19)15-10-6-2-3-9-13(17)18/h4-5,7-8H,2-3,6,9-10H2,1H3,(H,17,18)(H2,15,16,19). The van der Waals surface area contributed by atoms with Crippen LogP contribution in [0.1, 0.15) is 25.7 Å². The Bertz CT molecular complexity index is 452. The molecule has 1 rings (SSSR count). The Balaban J connectivity index is 2.22. The minimum Gasteiger partial charge on any atom is -0.481 e. The van der Waals surface area contributed by atoms with E-state index in [2.05, 4.69) is 10.6 Å². The average Bonchev–Trinajstić information content (AvgIpc) is 2.43. The van der Waals surface area contributed by atoms with Gasteiger partial charge in [0.2, 0.25) is 0 Å². The van der Waals surface area contributed by atoms with Crippen LogP contribution in [0.3, 0.4) is 0 Å². The second-order valence-electron chi connectivity index (χ2n) is 4.29. The van der Waals surface area contributed by atoms with Crippen molar-refractivity contribution in [1.29, 1.82) is 0 Å². The van der Waals surface area contributed by atoms with E-state index in [9.17, 15) is 9.59 Å². The van der Waals surface area contributed by atoms with E-state index in [0.717, 1.165) is 23.4 Å². The lowest BCUT2D eigenvalue weighted by Crippen LogP contribution is -2.29. The molecule has 1 aromatic carbocycles. The zero-order valence-corrected chi connectivity index (χ0v) is 12.3. The first-order valence-electron chi connectivity index (χ1n) is 6.53. The number of thioether (sulfide) groups is 1. The fourth-order valence-electron chi connectivity index (χ4n) is 1.69. The summed E-state index contributed by atoms with van der Waals surface area (Å²) in [6.07, 6.45) is 4.38. The van der Waals surface area contributed by atoms with Crippen molar-refractivity contribution in [2.75, 3.05) is 18.1 Å². The highest BCUT2D eigenvalue weighted by Crippen LogP contribution is 2.24. The van der Waals surface area contributed by atoms with E-state index < -0.39 is 5.97 Å². The number of hydrogen-bond donors (Lipinski definition) is 3. The van der Waals surface area contributed by atoms with Gasteiger partial charge in [-0.25, -0.2) is 4.79 Å². The lowest BCUT2D eigenvalue weighted by atomic mass is 10.2. The smallest absolute Gasteiger partial charge is 0.319 e. The molecule has 0 saturated heterocycles. The number of carboxylic acid groups (broad SMARTS) is 1. The van der Waals surface area contributed by atoms with Gasteiger partial charge >= 0.3 is 12.0 Å². The van der Waals surface area contributed by atoms with Crippen LogP contribution in [-0.2, 0) is 4.79 Å². The molecule has 0 unspecified atom stereocenters. The maximum Gasteiger partial charge on any atom is 0.319 e. The number of para-hydroxylation sites is 1. The van der Waals surface area contributed by atoms with Gasteiger partial charge in [0.1, 0.15) is 0 Å². The molecular formula is C14H20N2O3S. The molecule has 0 fully saturated rings. The van der Waals surface area contributed by atoms with Gasteiger partial charge in [-0.05, 0) is 31.2 Å². The largest absolute Gasteiger partial charge is 0.481 e. The van der Waals surface area contributed by atoms with Gasteiger partial charge in [-0.1, -0.05) is 18.6 Å². The molecular weight excluding hydrogens is 276 g/mol. The predicted molar refractivity (Wildman–Crippen MR) is 81.3 cm³/mol. The van der Waals surface area contributed by atoms with E-state index in [1.165, 1.54) is 0 Å². The summed E-state index contributed by atoms with van der Waals surface area (Å²) in [5.74, 6) is -0.774. The number of urea groups is 1. The summed E-state index contributed by atoms with van der Waals surface area (Å²) in [7, 11) is 0. The first-order chi connectivity index (χ1) is 9.63. The first kappa shape index (κ1) is 16.4. The molecule has 0 radical (unpaired) electrons. The van der Waals surface area contributed by atoms with Crippen molar-refractivity contribution in [2.24, 2.45) is 0 Å². The molecule has 0 heterocycles. The number of nitrogens with one attached hydrogen (secondary N) is 2. The maximum absolute atomic E-state index is 11.7. The molecule has 20 heavy (non-hydrogen) atoms. The number of carbonyl (C=O) groups is 2. The molecule has 110 valence electrons. The molecule has 3 N–H and O–H groups in total. The van der Waals surface area contributed by atoms with Gasteiger partial charge in [-0.3, -0.25) is 4.79 Å². The van der Waals surface area contributed by atoms with Crippen molar-refractivity contribution in [2.45, 2.75) is 30.6 Å². The van der Waals surface area contributed by atoms with Crippen LogP contribution in [0.15, 0.2) is 29.2 Å². The van der Waals surface area contributed by atoms with Crippen LogP contribution in [0, 0.1) is 0 Å². The molecule has 2 amide bonds. The van der Waals surface area contributed by atoms with E-state index in [-0.39, 0.29) is 12.5 Å². The van der Waals surface area contributed by atoms with Gasteiger partial charge in [0, 0.05) is 17.9 Å². The molecule has 0 atom stereocenters. The van der Waals surface area contributed by atoms with Crippen molar-refractivity contribution < 1.29 is 14.7 Å². The summed E-state index contributed by atoms with van der Waals surface area (Å²) in [5, 5.41) is 14.1. The van der Waals surface area contributed by atoms with Crippen LogP contribution in [0.5, 0.6) is 0 Å². The quantitative estimate of drug-likeness (QED) is 0.508. The van der Waals surface area contributed by atoms with Crippen LogP contribution < -0.4 is 10.6 Å². The number of anilines is 1. The van der Waals surface area contributed by atoms with Crippen molar-refractivity contribution >= 4 is 29.4 Å². The lowest BCUT2D eigenvalue weighted by molar-refractivity contribution is -0.137. The zero-order valence-electron chi connectivity index (χ0n) is 11.5. The molecule has 5 nitrogen and oxygen atoms in total. The highest BCUT2D eigenvalue weighted by molar-refractivity contribution is 7.98. The Morgan fingerprint density at radius 1 is 1.20 bits per heavy atom. The number of carbonyl (C=O) groups excluding carboxylic acids is 1. The predicted octanol–water partition coefficient (Wildman–Crippen LogP) is 3.18. The fourth-order valence-corrected chi connectivity index (χ4v) is 2.25. The topological polar surface area (TPSA) is 78.4 Å². The van der Waals surface area contributed by atoms with Crippen LogP contribution in [-0.4, -0.2) is 29.9 Å². The summed E-state index contributed by atoms with van der Waals surface area (Å²) in [6.45, 7) is 0.548. The molecule has 0 aliphatic rings. The highest BCUT2D eigenvalue weighted by Gasteiger charge is 2.04. The number of benzene rings is 1. The first-order valence-corrected chi connectivity index (χ1v) is 7.75. The summed E-state index contributed by atoms with van der Waals surface area (Å²) in [6, 6.07) is 7.38. The highest BCUT2D eigenvalue weighted by atomic mass is 32.2. The van der Waals surface area contributed by atoms with E-state index in [1.54, 1.807) is 11.8 Å². The maximum atomic E-state index is 11.7. The third-order valence-corrected chi connectivity index (χ3v) is 3.50. The summed E-state index contributed by atoms with van der Waals surface area (Å²) in [5.41, 5.74) is 0.795. The third-order valence-electron chi connectivity index (χ3n) is 2.71. The zero-order chi connectivity index (χ0) is 14.8. The minimum absolute atomic E-state index is 0.188. The van der Waals surface area contributed by atoms with Gasteiger partial charge in [0.15, 0.2) is 0 Å². The van der Waals surface area contributed by atoms with Gasteiger partial charge in [0.25, 0.3) is 0 Å². The molecule has 0 aliphatic heterocycles. The normalized spacial score (nSPS) is 10.1. The van der Waals surface area contributed by atoms with Crippen molar-refractivity contribution in [1.82, 2.24) is 5.32 Å². The Morgan fingerprint density at radius 3 is 2.65 bits per heavy atom. The molecule has 1 aromatic rings. The SMILES string of the molecule is CSc1ccccc1NC(=O)NCCCCCC(=O)O. The molecule has 0 saturated carbocycles. The summed E-state index contributed by atoms with van der Waals surface area (Å²) < 4.78 is 0. The van der Waals surface area contributed by atoms with E-state index >= 15 is 0 Å². The molecule has 0 bridgehead atoms. The monoisotopic (exact) mass is 296 g/mol. The van der Waals surface area contributed by atoms with Crippen LogP contribution in [0.25, 0.3) is 0 Å². The van der Waals surface area contributed by atoms with Gasteiger partial charge in [-0.15, -0.1) is 11.8 Å². The van der Waals surface area contributed by atoms with Crippen molar-refractivity contribution in [3.63, 3.8) is 0 Å². The van der Waals surface area contributed by atoms with Crippen molar-refractivity contribution in [3.05, 3.63) is 24.3 Å². The number of unbranched alkanes of at least 4 members (excludes halogenated alkanes) is 2. The Morgan fingerprint density at radius 2 is 1.95 bits per heavy atom. The Hall–Kier alpha value is -1.69. The van der Waals surface area contributed by atoms with Gasteiger partial charge < -0.3 is 15.7 Å². The lowest BCUT2D eigenvalue weighted by Gasteiger charge is -2.10. The molecule has 0 aromatic heterocycles. The number of rotatable bonds is 8. The minimum atomic E-state index is -0.774. The second kappa shape index (κ2) is 9.25. The van der Waals surface area contributed by atoms with E-state index in [4.69, 9.17) is 5.11 Å². The molecule has 0 aliphatic carbocycles. The molecule has 6 heteroatoms. The van der Waals surface area contributed by atoms with Gasteiger partial charge in [0.05, 0.1) is 5.69 Å². The van der Waals surface area contributed by atoms with Gasteiger partial charge in [-0.2, -0.15) is 0 Å². The Kier molecular flexibility index (Phi) is 7.57. The van der Waals surface area contributed by atoms with E-state index in [1.807, 2.05) is 30.5 Å². The van der Waals surface area contributed by atoms with Crippen LogP contribution in [0.2, 0.25) is 0 Å². The number of amides is 2. The second-order valence-corrected chi connectivity index (χ2v) is 5.13. The Labute approximate surface area is 123 Å². The third kappa shape index (κ3) is 6.47. The average molecular weight is 296 g/mol. The van der Waals surface area contributed by atoms with Crippen LogP contribution >= 0.6 is 11.8 Å². The summed E-state index contributed by atoms with van der Waals surface area (Å²) >= 11 is 1.58. The summed E-state index contributed by atoms with van der Waals surface area (Å²) in [4.78, 5) is 23.0. The number of carboxylic acids is 1. The van der Waals surface area contributed by atoms with E-state index in [0.29, 0.717) is 13.0 Å². The van der Waals surface area contributed by atoms with Crippen LogP contribution in [0.4, 0.5) is 10.5 Å². The molecule has 0 spiro atoms. The number of aliphatic carboxylic acids is 1. The number of hydrogen-bond acceptors (Lipinski definition) is 3.